The van der Waals surface area contributed by atoms with Gasteiger partial charge in [0.25, 0.3) is 5.91 Å². The minimum absolute atomic E-state index is 0.186. The number of carbonyl (C=O) groups excluding carboxylic acids is 1. The van der Waals surface area contributed by atoms with Crippen LogP contribution >= 0.6 is 22.7 Å². The van der Waals surface area contributed by atoms with E-state index in [0.717, 1.165) is 31.7 Å². The highest BCUT2D eigenvalue weighted by molar-refractivity contribution is 7.16. The Bertz CT molecular complexity index is 854. The largest absolute Gasteiger partial charge is 0.298 e. The van der Waals surface area contributed by atoms with Gasteiger partial charge in [-0.05, 0) is 28.4 Å². The van der Waals surface area contributed by atoms with E-state index >= 15 is 0 Å². The number of rotatable bonds is 4. The average Bonchev–Trinajstić information content (AvgIpc) is 3.32. The third-order valence-corrected chi connectivity index (χ3v) is 5.82. The quantitative estimate of drug-likeness (QED) is 0.762. The molecule has 0 radical (unpaired) electrons. The zero-order valence-corrected chi connectivity index (χ0v) is 14.6. The molecule has 1 N–H and O–H groups in total. The van der Waals surface area contributed by atoms with E-state index in [1.54, 1.807) is 11.3 Å². The molecule has 0 aromatic carbocycles. The summed E-state index contributed by atoms with van der Waals surface area (Å²) in [6.45, 7) is 5.12. The van der Waals surface area contributed by atoms with Gasteiger partial charge in [0.05, 0.1) is 11.4 Å². The first-order chi connectivity index (χ1) is 11.7. The lowest BCUT2D eigenvalue weighted by molar-refractivity contribution is 0.103. The van der Waals surface area contributed by atoms with Crippen LogP contribution in [0.3, 0.4) is 0 Å². The molecule has 1 aliphatic heterocycles. The lowest BCUT2D eigenvalue weighted by Crippen LogP contribution is -2.29. The van der Waals surface area contributed by atoms with Crippen molar-refractivity contribution in [3.05, 3.63) is 33.2 Å². The first kappa shape index (κ1) is 15.4. The van der Waals surface area contributed by atoms with Crippen molar-refractivity contribution >= 4 is 33.7 Å². The molecule has 124 valence electrons. The molecule has 8 nitrogen and oxygen atoms in total. The van der Waals surface area contributed by atoms with Gasteiger partial charge in [0.2, 0.25) is 0 Å². The molecular weight excluding hydrogens is 346 g/mol. The van der Waals surface area contributed by atoms with Crippen LogP contribution in [0.1, 0.15) is 27.2 Å². The number of aromatic nitrogens is 5. The summed E-state index contributed by atoms with van der Waals surface area (Å²) in [5.74, 6) is -0.186. The summed E-state index contributed by atoms with van der Waals surface area (Å²) in [5.41, 5.74) is 1.77. The molecule has 4 rings (SSSR count). The van der Waals surface area contributed by atoms with E-state index in [1.165, 1.54) is 27.2 Å². The summed E-state index contributed by atoms with van der Waals surface area (Å²) in [5, 5.41) is 16.5. The number of likely N-dealkylation sites (N-methyl/N-ethyl adjacent to an activating group) is 1. The molecule has 10 heteroatoms. The lowest BCUT2D eigenvalue weighted by atomic mass is 10.2. The highest BCUT2D eigenvalue weighted by Crippen LogP contribution is 2.29. The molecule has 0 fully saturated rings. The molecule has 3 aromatic rings. The number of nitrogens with one attached hydrogen (secondary N) is 1. The van der Waals surface area contributed by atoms with Crippen molar-refractivity contribution in [2.75, 3.05) is 18.4 Å². The summed E-state index contributed by atoms with van der Waals surface area (Å²) < 4.78 is 1.48. The predicted molar refractivity (Wildman–Crippen MR) is 91.8 cm³/mol. The molecule has 4 heterocycles. The van der Waals surface area contributed by atoms with Crippen molar-refractivity contribution in [3.63, 3.8) is 0 Å². The maximum Gasteiger partial charge on any atom is 0.269 e. The standard InChI is InChI=1S/C14H15N7OS2/c1-2-20-5-3-9-11(7-20)24-14(16-9)17-13(22)12-10(4-6-23-12)21-8-15-18-19-21/h4,6,8H,2-3,5,7H2,1H3,(H,16,17,22). The van der Waals surface area contributed by atoms with Gasteiger partial charge in [-0.2, -0.15) is 4.68 Å². The van der Waals surface area contributed by atoms with Crippen LogP contribution < -0.4 is 5.32 Å². The van der Waals surface area contributed by atoms with Crippen LogP contribution in [0.4, 0.5) is 5.13 Å². The van der Waals surface area contributed by atoms with Gasteiger partial charge in [0, 0.05) is 24.4 Å². The van der Waals surface area contributed by atoms with E-state index in [2.05, 4.69) is 37.6 Å². The van der Waals surface area contributed by atoms with Crippen LogP contribution in [-0.4, -0.2) is 49.1 Å². The van der Waals surface area contributed by atoms with Crippen molar-refractivity contribution < 1.29 is 4.79 Å². The summed E-state index contributed by atoms with van der Waals surface area (Å²) >= 11 is 2.91. The van der Waals surface area contributed by atoms with Crippen LogP contribution in [0.2, 0.25) is 0 Å². The number of fused-ring (bicyclic) bond motifs is 1. The average molecular weight is 361 g/mol. The van der Waals surface area contributed by atoms with Crippen LogP contribution in [-0.2, 0) is 13.0 Å². The number of hydrogen-bond donors (Lipinski definition) is 1. The van der Waals surface area contributed by atoms with Gasteiger partial charge in [-0.15, -0.1) is 27.8 Å². The number of nitrogens with zero attached hydrogens (tertiary/aromatic N) is 6. The molecule has 0 bridgehead atoms. The zero-order valence-electron chi connectivity index (χ0n) is 13.0. The fourth-order valence-corrected chi connectivity index (χ4v) is 4.47. The first-order valence-corrected chi connectivity index (χ1v) is 9.27. The molecule has 24 heavy (non-hydrogen) atoms. The summed E-state index contributed by atoms with van der Waals surface area (Å²) in [6, 6.07) is 1.82. The minimum atomic E-state index is -0.186. The number of hydrogen-bond acceptors (Lipinski definition) is 8. The van der Waals surface area contributed by atoms with Crippen molar-refractivity contribution in [2.24, 2.45) is 0 Å². The molecule has 3 aromatic heterocycles. The Morgan fingerprint density at radius 3 is 3.17 bits per heavy atom. The topological polar surface area (TPSA) is 88.8 Å². The van der Waals surface area contributed by atoms with Crippen LogP contribution in [0.15, 0.2) is 17.8 Å². The number of thiophene rings is 1. The molecule has 1 aliphatic rings. The fraction of sp³-hybridized carbons (Fsp3) is 0.357. The summed E-state index contributed by atoms with van der Waals surface area (Å²) in [7, 11) is 0. The SMILES string of the molecule is CCN1CCc2nc(NC(=O)c3sccc3-n3cnnn3)sc2C1. The second-order valence-electron chi connectivity index (χ2n) is 5.35. The van der Waals surface area contributed by atoms with Gasteiger partial charge in [0.1, 0.15) is 11.2 Å². The van der Waals surface area contributed by atoms with Crippen LogP contribution in [0.25, 0.3) is 5.69 Å². The maximum atomic E-state index is 12.6. The smallest absolute Gasteiger partial charge is 0.269 e. The number of carbonyl (C=O) groups is 1. The van der Waals surface area contributed by atoms with E-state index in [-0.39, 0.29) is 5.91 Å². The number of tetrazole rings is 1. The van der Waals surface area contributed by atoms with E-state index in [0.29, 0.717) is 15.7 Å². The van der Waals surface area contributed by atoms with E-state index in [1.807, 2.05) is 11.4 Å². The Kier molecular flexibility index (Phi) is 4.08. The molecule has 0 spiro atoms. The predicted octanol–water partition coefficient (Wildman–Crippen LogP) is 1.81. The molecule has 0 saturated carbocycles. The van der Waals surface area contributed by atoms with Crippen molar-refractivity contribution in [1.29, 1.82) is 0 Å². The van der Waals surface area contributed by atoms with Crippen LogP contribution in [0.5, 0.6) is 0 Å². The molecule has 0 saturated heterocycles. The van der Waals surface area contributed by atoms with Gasteiger partial charge in [-0.25, -0.2) is 4.98 Å². The van der Waals surface area contributed by atoms with Crippen molar-refractivity contribution in [2.45, 2.75) is 19.9 Å². The third kappa shape index (κ3) is 2.83. The van der Waals surface area contributed by atoms with E-state index in [9.17, 15) is 4.79 Å². The van der Waals surface area contributed by atoms with E-state index < -0.39 is 0 Å². The van der Waals surface area contributed by atoms with Gasteiger partial charge >= 0.3 is 0 Å². The Hall–Kier alpha value is -2.17. The van der Waals surface area contributed by atoms with Gasteiger partial charge < -0.3 is 0 Å². The molecule has 0 aliphatic carbocycles. The van der Waals surface area contributed by atoms with Crippen LogP contribution in [0, 0.1) is 0 Å². The number of anilines is 1. The summed E-state index contributed by atoms with van der Waals surface area (Å²) in [4.78, 5) is 21.4. The van der Waals surface area contributed by atoms with Crippen molar-refractivity contribution in [3.8, 4) is 5.69 Å². The molecule has 1 amide bonds. The minimum Gasteiger partial charge on any atom is -0.298 e. The monoisotopic (exact) mass is 361 g/mol. The Balaban J connectivity index is 1.54. The maximum absolute atomic E-state index is 12.6. The Morgan fingerprint density at radius 2 is 2.38 bits per heavy atom. The molecule has 0 unspecified atom stereocenters. The lowest BCUT2D eigenvalue weighted by Gasteiger charge is -2.23. The number of amides is 1. The second kappa shape index (κ2) is 6.38. The Morgan fingerprint density at radius 1 is 1.46 bits per heavy atom. The summed E-state index contributed by atoms with van der Waals surface area (Å²) in [6.07, 6.45) is 2.41. The van der Waals surface area contributed by atoms with Gasteiger partial charge in [0.15, 0.2) is 5.13 Å². The van der Waals surface area contributed by atoms with Crippen molar-refractivity contribution in [1.82, 2.24) is 30.1 Å². The molecular formula is C14H15N7OS2. The number of thiazole rings is 1. The zero-order chi connectivity index (χ0) is 16.5. The second-order valence-corrected chi connectivity index (χ2v) is 7.35. The van der Waals surface area contributed by atoms with Gasteiger partial charge in [-0.3, -0.25) is 15.0 Å². The molecule has 0 atom stereocenters. The highest BCUT2D eigenvalue weighted by Gasteiger charge is 2.22. The van der Waals surface area contributed by atoms with E-state index in [4.69, 9.17) is 0 Å². The van der Waals surface area contributed by atoms with Gasteiger partial charge in [-0.1, -0.05) is 6.92 Å². The third-order valence-electron chi connectivity index (χ3n) is 3.92. The Labute approximate surface area is 146 Å². The normalized spacial score (nSPS) is 14.5. The first-order valence-electron chi connectivity index (χ1n) is 7.57. The highest BCUT2D eigenvalue weighted by atomic mass is 32.1. The fourth-order valence-electron chi connectivity index (χ4n) is 2.65.